The Labute approximate surface area is 701 Å². The molecule has 10 heterocycles. The maximum absolute atomic E-state index is 11.9. The fourth-order valence-corrected chi connectivity index (χ4v) is 15.4. The van der Waals surface area contributed by atoms with E-state index in [0.29, 0.717) is 44.2 Å². The summed E-state index contributed by atoms with van der Waals surface area (Å²) in [5.41, 5.74) is 9.12. The number of ether oxygens (including phenoxy) is 2. The number of nitrogens with one attached hydrogen (secondary N) is 4. The van der Waals surface area contributed by atoms with Gasteiger partial charge in [-0.05, 0) is 179 Å². The maximum atomic E-state index is 11.9. The molecule has 121 heavy (non-hydrogen) atoms. The first-order valence-electron chi connectivity index (χ1n) is 42.2. The zero-order valence-electron chi connectivity index (χ0n) is 68.2. The minimum absolute atomic E-state index is 0.00793. The summed E-state index contributed by atoms with van der Waals surface area (Å²) in [7, 11) is 0. The molecule has 0 bridgehead atoms. The second-order valence-electron chi connectivity index (χ2n) is 30.3. The molecular formula is C95H101N21O5. The minimum Gasteiger partial charge on any atom is -0.466 e. The maximum Gasteiger partial charge on any atom is 0.309 e. The van der Waals surface area contributed by atoms with Gasteiger partial charge in [0.15, 0.2) is 23.3 Å². The van der Waals surface area contributed by atoms with Crippen LogP contribution < -0.4 is 36.0 Å². The summed E-state index contributed by atoms with van der Waals surface area (Å²) in [6.45, 7) is 14.3. The summed E-state index contributed by atoms with van der Waals surface area (Å²) in [4.78, 5) is 74.2. The lowest BCUT2D eigenvalue weighted by Gasteiger charge is -2.31. The molecule has 6 N–H and O–H groups in total. The standard InChI is InChI=1S/C24H26N8.C20H21N3O2.C18H22N4O2.C17H17N3.C16H15N3O/c1-2-6-20-16-22-21(15-19(20)5-1)29-23(27-7-3-11-31-13-9-25-17-31)24(30-22)28-8-4-12-32-14-10-26-18-32;1-2-25-20(24)14-7-9-23(10-8-14)19-13-21-17-11-15-5-3-4-6-16(15)12-18(17)22-19;23-9-3-7-19-17-18(20-8-4-10-24)22-16-12-14-6-2-1-5-13(14)11-15(16)21-17;1-4-8-20(9-5-1)17-12-18-15-10-13-6-2-3-7-14(13)11-16(15)19-17;1-2-4-13-10-15-14(9-12(13)3-1)17-11-16(18-15)19-5-7-20-8-6-19/h1-2,5-6,9-10,13-18H,3-4,7-8,11-12H2,(H,27,29)(H,28,30);3-6,11-14H,2,7-10H2,1H3;1-2,5-6,11-12,23-24H,3-4,7-10H2,(H,19,21)(H,20,22);2-3,6-7,10-12H,1,4-5,8-9H2;1-4,9-11H,5-8H2. The van der Waals surface area contributed by atoms with Gasteiger partial charge in [-0.25, -0.2) is 44.9 Å². The van der Waals surface area contributed by atoms with Gasteiger partial charge < -0.3 is 64.8 Å². The van der Waals surface area contributed by atoms with E-state index in [1.54, 1.807) is 12.4 Å². The van der Waals surface area contributed by atoms with Gasteiger partial charge in [0.25, 0.3) is 0 Å². The molecule has 0 amide bonds. The average molecular weight is 1620 g/mol. The Balaban J connectivity index is 0.000000114. The average Bonchev–Trinajstić information content (AvgIpc) is 1.22. The minimum atomic E-state index is -0.0711. The Morgan fingerprint density at radius 3 is 0.992 bits per heavy atom. The van der Waals surface area contributed by atoms with Crippen molar-refractivity contribution in [1.29, 1.82) is 0 Å². The van der Waals surface area contributed by atoms with E-state index in [9.17, 15) is 4.79 Å². The Kier molecular flexibility index (Phi) is 27.1. The molecule has 3 aliphatic rings. The molecule has 10 aromatic carbocycles. The number of aromatic nitrogens is 14. The Bertz CT molecular complexity index is 6000. The predicted molar refractivity (Wildman–Crippen MR) is 487 cm³/mol. The van der Waals surface area contributed by atoms with Gasteiger partial charge in [0.2, 0.25) is 0 Å². The molecule has 0 saturated carbocycles. The second-order valence-corrected chi connectivity index (χ2v) is 30.3. The van der Waals surface area contributed by atoms with Gasteiger partial charge in [-0.3, -0.25) is 19.7 Å². The van der Waals surface area contributed by atoms with E-state index in [-0.39, 0.29) is 25.1 Å². The van der Waals surface area contributed by atoms with Gasteiger partial charge in [0.05, 0.1) is 112 Å². The smallest absolute Gasteiger partial charge is 0.309 e. The van der Waals surface area contributed by atoms with E-state index < -0.39 is 0 Å². The van der Waals surface area contributed by atoms with Crippen LogP contribution in [0.25, 0.3) is 109 Å². The molecule has 0 unspecified atom stereocenters. The van der Waals surface area contributed by atoms with Crippen LogP contribution in [0.2, 0.25) is 0 Å². The number of aliphatic hydroxyl groups excluding tert-OH is 2. The largest absolute Gasteiger partial charge is 0.466 e. The van der Waals surface area contributed by atoms with Gasteiger partial charge in [0.1, 0.15) is 17.5 Å². The summed E-state index contributed by atoms with van der Waals surface area (Å²) < 4.78 is 14.7. The number of benzene rings is 10. The normalized spacial score (nSPS) is 13.7. The Morgan fingerprint density at radius 2 is 0.686 bits per heavy atom. The molecule has 0 atom stereocenters. The fourth-order valence-electron chi connectivity index (χ4n) is 15.4. The van der Waals surface area contributed by atoms with Crippen LogP contribution in [0.5, 0.6) is 0 Å². The monoisotopic (exact) mass is 1620 g/mol. The number of rotatable bonds is 23. The summed E-state index contributed by atoms with van der Waals surface area (Å²) in [5, 5.41) is 43.1. The number of hydrogen-bond donors (Lipinski definition) is 6. The van der Waals surface area contributed by atoms with Crippen molar-refractivity contribution < 1.29 is 24.5 Å². The van der Waals surface area contributed by atoms with Crippen LogP contribution in [0.1, 0.15) is 64.7 Å². The molecule has 0 aliphatic carbocycles. The number of fused-ring (bicyclic) bond motifs is 10. The van der Waals surface area contributed by atoms with Gasteiger partial charge >= 0.3 is 5.97 Å². The highest BCUT2D eigenvalue weighted by atomic mass is 16.5. The SMILES string of the molecule is CCOC(=O)C1CCN(c2cnc3cc4ccccc4cc3n2)CC1.OCCCNc1nc2cc3ccccc3cc2nc1NCCCO.c1ccc2cc3nc(N4CCCCC4)cnc3cc2c1.c1ccc2cc3nc(N4CCOCC4)cnc3cc2c1.c1ccc2cc3nc(NCCCn4ccnc4)c(NCCCn4ccnc4)nc3cc2c1. The molecule has 20 rings (SSSR count). The Hall–Kier alpha value is -13.4. The van der Waals surface area contributed by atoms with E-state index >= 15 is 0 Å². The summed E-state index contributed by atoms with van der Waals surface area (Å²) >= 11 is 0. The lowest BCUT2D eigenvalue weighted by Crippen LogP contribution is -2.37. The van der Waals surface area contributed by atoms with E-state index in [0.717, 1.165) is 199 Å². The fraction of sp³-hybridized carbons (Fsp3) is 0.295. The molecule has 26 nitrogen and oxygen atoms in total. The van der Waals surface area contributed by atoms with Crippen molar-refractivity contribution in [3.05, 3.63) is 238 Å². The second kappa shape index (κ2) is 40.3. The third kappa shape index (κ3) is 21.0. The molecule has 616 valence electrons. The van der Waals surface area contributed by atoms with Gasteiger partial charge in [0, 0.05) is 117 Å². The number of esters is 1. The lowest BCUT2D eigenvalue weighted by molar-refractivity contribution is -0.148. The molecule has 3 aliphatic heterocycles. The van der Waals surface area contributed by atoms with Crippen molar-refractivity contribution in [2.24, 2.45) is 5.92 Å². The topological polar surface area (TPSA) is 298 Å². The van der Waals surface area contributed by atoms with Crippen molar-refractivity contribution in [1.82, 2.24) is 68.9 Å². The van der Waals surface area contributed by atoms with Crippen LogP contribution in [0.15, 0.2) is 238 Å². The number of aliphatic hydroxyl groups is 2. The van der Waals surface area contributed by atoms with E-state index in [1.807, 2.05) is 111 Å². The molecule has 26 heteroatoms. The number of carbonyl (C=O) groups excluding carboxylic acids is 1. The van der Waals surface area contributed by atoms with Crippen LogP contribution in [-0.2, 0) is 27.4 Å². The number of nitrogens with zero attached hydrogens (tertiary/aromatic N) is 17. The summed E-state index contributed by atoms with van der Waals surface area (Å²) in [6, 6.07) is 62.3. The first-order chi connectivity index (χ1) is 59.7. The zero-order chi connectivity index (χ0) is 82.3. The van der Waals surface area contributed by atoms with Gasteiger partial charge in [-0.2, -0.15) is 0 Å². The number of aryl methyl sites for hydroxylation is 2. The van der Waals surface area contributed by atoms with E-state index in [2.05, 4.69) is 191 Å². The van der Waals surface area contributed by atoms with Crippen molar-refractivity contribution in [3.8, 4) is 0 Å². The number of piperidine rings is 2. The van der Waals surface area contributed by atoms with Crippen LogP contribution in [-0.4, -0.2) is 184 Å². The number of anilines is 7. The molecule has 17 aromatic rings. The number of carbonyl (C=O) groups is 1. The Morgan fingerprint density at radius 1 is 0.388 bits per heavy atom. The van der Waals surface area contributed by atoms with Gasteiger partial charge in [-0.15, -0.1) is 0 Å². The first-order valence-corrected chi connectivity index (χ1v) is 42.2. The molecule has 3 saturated heterocycles. The van der Waals surface area contributed by atoms with Crippen LogP contribution in [0.4, 0.5) is 40.7 Å². The third-order valence-electron chi connectivity index (χ3n) is 21.9. The van der Waals surface area contributed by atoms with Crippen molar-refractivity contribution in [3.63, 3.8) is 0 Å². The number of morpholine rings is 1. The molecule has 0 radical (unpaired) electrons. The summed E-state index contributed by atoms with van der Waals surface area (Å²) in [5.74, 6) is 5.70. The quantitative estimate of drug-likeness (QED) is 0.0197. The van der Waals surface area contributed by atoms with Crippen molar-refractivity contribution >= 4 is 156 Å². The van der Waals surface area contributed by atoms with Crippen molar-refractivity contribution in [2.75, 3.05) is 134 Å². The molecular weight excluding hydrogens is 1520 g/mol. The van der Waals surface area contributed by atoms with E-state index in [4.69, 9.17) is 54.6 Å². The predicted octanol–water partition coefficient (Wildman–Crippen LogP) is 16.5. The highest BCUT2D eigenvalue weighted by Crippen LogP contribution is 2.32. The van der Waals surface area contributed by atoms with E-state index in [1.165, 1.54) is 62.4 Å². The number of imidazole rings is 2. The van der Waals surface area contributed by atoms with Gasteiger partial charge in [-0.1, -0.05) is 121 Å². The zero-order valence-corrected chi connectivity index (χ0v) is 68.2. The molecule has 7 aromatic heterocycles. The molecule has 0 spiro atoms. The van der Waals surface area contributed by atoms with Crippen molar-refractivity contribution in [2.45, 2.75) is 77.8 Å². The van der Waals surface area contributed by atoms with Crippen LogP contribution >= 0.6 is 0 Å². The lowest BCUT2D eigenvalue weighted by atomic mass is 9.97. The highest BCUT2D eigenvalue weighted by molar-refractivity contribution is 6.00. The molecule has 3 fully saturated rings. The van der Waals surface area contributed by atoms with Crippen LogP contribution in [0.3, 0.4) is 0 Å². The van der Waals surface area contributed by atoms with Crippen LogP contribution in [0, 0.1) is 5.92 Å². The highest BCUT2D eigenvalue weighted by Gasteiger charge is 2.27. The number of hydrogen-bond acceptors (Lipinski definition) is 24. The summed E-state index contributed by atoms with van der Waals surface area (Å²) in [6.07, 6.45) is 25.6. The third-order valence-corrected chi connectivity index (χ3v) is 21.9. The first kappa shape index (κ1) is 81.3.